The summed E-state index contributed by atoms with van der Waals surface area (Å²) < 4.78 is 5.02. The summed E-state index contributed by atoms with van der Waals surface area (Å²) in [6.07, 6.45) is 0. The van der Waals surface area contributed by atoms with Crippen molar-refractivity contribution in [2.45, 2.75) is 26.2 Å². The van der Waals surface area contributed by atoms with Gasteiger partial charge in [-0.1, -0.05) is 29.8 Å². The van der Waals surface area contributed by atoms with Crippen LogP contribution in [-0.2, 0) is 14.9 Å². The molecule has 0 heterocycles. The highest BCUT2D eigenvalue weighted by Gasteiger charge is 2.32. The van der Waals surface area contributed by atoms with E-state index < -0.39 is 5.41 Å². The summed E-state index contributed by atoms with van der Waals surface area (Å²) >= 11 is 6.05. The van der Waals surface area contributed by atoms with Gasteiger partial charge in [0.25, 0.3) is 0 Å². The van der Waals surface area contributed by atoms with E-state index in [1.807, 2.05) is 32.0 Å². The zero-order valence-electron chi connectivity index (χ0n) is 9.21. The molecule has 0 amide bonds. The highest BCUT2D eigenvalue weighted by molar-refractivity contribution is 6.31. The van der Waals surface area contributed by atoms with Crippen LogP contribution < -0.4 is 0 Å². The van der Waals surface area contributed by atoms with Gasteiger partial charge in [0.1, 0.15) is 0 Å². The Hall–Kier alpha value is -1.02. The molecular formula is C12H15ClO2. The predicted octanol–water partition coefficient (Wildman–Crippen LogP) is 3.18. The van der Waals surface area contributed by atoms with Crippen molar-refractivity contribution in [3.63, 3.8) is 0 Å². The van der Waals surface area contributed by atoms with Gasteiger partial charge >= 0.3 is 5.97 Å². The van der Waals surface area contributed by atoms with Crippen molar-refractivity contribution < 1.29 is 9.53 Å². The van der Waals surface area contributed by atoms with Crippen molar-refractivity contribution in [3.05, 3.63) is 34.9 Å². The molecule has 0 aliphatic carbocycles. The second-order valence-corrected chi connectivity index (χ2v) is 4.23. The van der Waals surface area contributed by atoms with E-state index in [1.54, 1.807) is 13.0 Å². The number of benzene rings is 1. The van der Waals surface area contributed by atoms with E-state index in [4.69, 9.17) is 16.3 Å². The molecule has 0 N–H and O–H groups in total. The molecule has 1 aromatic carbocycles. The standard InChI is InChI=1S/C12H15ClO2/c1-4-15-11(14)12(2,3)9-7-5-6-8-10(9)13/h5-8H,4H2,1-3H3. The third kappa shape index (κ3) is 2.51. The van der Waals surface area contributed by atoms with Gasteiger partial charge in [0.05, 0.1) is 12.0 Å². The predicted molar refractivity (Wildman–Crippen MR) is 61.1 cm³/mol. The van der Waals surface area contributed by atoms with Crippen LogP contribution in [0.25, 0.3) is 0 Å². The van der Waals surface area contributed by atoms with E-state index in [9.17, 15) is 4.79 Å². The molecule has 0 spiro atoms. The molecule has 0 atom stereocenters. The van der Waals surface area contributed by atoms with E-state index in [1.165, 1.54) is 0 Å². The van der Waals surface area contributed by atoms with Crippen LogP contribution in [0.4, 0.5) is 0 Å². The second kappa shape index (κ2) is 4.67. The van der Waals surface area contributed by atoms with Crippen molar-refractivity contribution in [1.29, 1.82) is 0 Å². The normalized spacial score (nSPS) is 11.2. The minimum Gasteiger partial charge on any atom is -0.465 e. The summed E-state index contributed by atoms with van der Waals surface area (Å²) in [5.74, 6) is -0.252. The first-order chi connectivity index (χ1) is 7.00. The Labute approximate surface area is 95.2 Å². The fourth-order valence-electron chi connectivity index (χ4n) is 1.39. The number of carbonyl (C=O) groups excluding carboxylic acids is 1. The lowest BCUT2D eigenvalue weighted by Crippen LogP contribution is -2.31. The number of carbonyl (C=O) groups is 1. The van der Waals surface area contributed by atoms with Crippen molar-refractivity contribution in [1.82, 2.24) is 0 Å². The number of hydrogen-bond donors (Lipinski definition) is 0. The fraction of sp³-hybridized carbons (Fsp3) is 0.417. The number of hydrogen-bond acceptors (Lipinski definition) is 2. The van der Waals surface area contributed by atoms with Gasteiger partial charge in [-0.25, -0.2) is 0 Å². The molecule has 0 saturated carbocycles. The summed E-state index contributed by atoms with van der Waals surface area (Å²) in [6, 6.07) is 7.33. The lowest BCUT2D eigenvalue weighted by molar-refractivity contribution is -0.148. The van der Waals surface area contributed by atoms with E-state index >= 15 is 0 Å². The van der Waals surface area contributed by atoms with Crippen LogP contribution in [0, 0.1) is 0 Å². The van der Waals surface area contributed by atoms with Gasteiger partial charge in [0, 0.05) is 5.02 Å². The van der Waals surface area contributed by atoms with Crippen LogP contribution in [0.2, 0.25) is 5.02 Å². The number of esters is 1. The highest BCUT2D eigenvalue weighted by Crippen LogP contribution is 2.30. The van der Waals surface area contributed by atoms with Gasteiger partial charge < -0.3 is 4.74 Å². The molecule has 1 rings (SSSR count). The SMILES string of the molecule is CCOC(=O)C(C)(C)c1ccccc1Cl. The van der Waals surface area contributed by atoms with Gasteiger partial charge in [-0.2, -0.15) is 0 Å². The first kappa shape index (κ1) is 12.1. The Morgan fingerprint density at radius 1 is 1.40 bits per heavy atom. The first-order valence-electron chi connectivity index (χ1n) is 4.92. The summed E-state index contributed by atoms with van der Waals surface area (Å²) in [4.78, 5) is 11.7. The largest absolute Gasteiger partial charge is 0.465 e. The molecule has 0 saturated heterocycles. The third-order valence-electron chi connectivity index (χ3n) is 2.33. The summed E-state index contributed by atoms with van der Waals surface area (Å²) in [5, 5.41) is 0.593. The monoisotopic (exact) mass is 226 g/mol. The molecule has 0 aliphatic rings. The minimum absolute atomic E-state index is 0.252. The lowest BCUT2D eigenvalue weighted by Gasteiger charge is -2.23. The summed E-state index contributed by atoms with van der Waals surface area (Å²) in [6.45, 7) is 5.80. The summed E-state index contributed by atoms with van der Waals surface area (Å²) in [7, 11) is 0. The van der Waals surface area contributed by atoms with Crippen molar-refractivity contribution in [2.75, 3.05) is 6.61 Å². The molecule has 1 aromatic rings. The highest BCUT2D eigenvalue weighted by atomic mass is 35.5. The Bertz CT molecular complexity index is 358. The fourth-order valence-corrected chi connectivity index (χ4v) is 1.76. The smallest absolute Gasteiger partial charge is 0.316 e. The van der Waals surface area contributed by atoms with E-state index in [-0.39, 0.29) is 5.97 Å². The molecule has 0 aliphatic heterocycles. The topological polar surface area (TPSA) is 26.3 Å². The van der Waals surface area contributed by atoms with Crippen LogP contribution in [0.15, 0.2) is 24.3 Å². The van der Waals surface area contributed by atoms with E-state index in [0.717, 1.165) is 5.56 Å². The van der Waals surface area contributed by atoms with Crippen LogP contribution in [0.5, 0.6) is 0 Å². The van der Waals surface area contributed by atoms with E-state index in [2.05, 4.69) is 0 Å². The van der Waals surface area contributed by atoms with Gasteiger partial charge in [0.15, 0.2) is 0 Å². The molecular weight excluding hydrogens is 212 g/mol. The number of ether oxygens (including phenoxy) is 1. The number of halogens is 1. The van der Waals surface area contributed by atoms with Crippen LogP contribution in [0.1, 0.15) is 26.3 Å². The summed E-state index contributed by atoms with van der Waals surface area (Å²) in [5.41, 5.74) is 0.0964. The quantitative estimate of drug-likeness (QED) is 0.740. The molecule has 15 heavy (non-hydrogen) atoms. The molecule has 3 heteroatoms. The Balaban J connectivity index is 3.05. The zero-order valence-corrected chi connectivity index (χ0v) is 9.97. The minimum atomic E-state index is -0.700. The third-order valence-corrected chi connectivity index (χ3v) is 2.66. The van der Waals surface area contributed by atoms with Crippen LogP contribution in [0.3, 0.4) is 0 Å². The van der Waals surface area contributed by atoms with Gasteiger partial charge in [0.2, 0.25) is 0 Å². The van der Waals surface area contributed by atoms with Crippen molar-refractivity contribution in [3.8, 4) is 0 Å². The average Bonchev–Trinajstić information content (AvgIpc) is 2.18. The maximum atomic E-state index is 11.7. The second-order valence-electron chi connectivity index (χ2n) is 3.83. The molecule has 0 unspecified atom stereocenters. The first-order valence-corrected chi connectivity index (χ1v) is 5.30. The Morgan fingerprint density at radius 2 is 2.00 bits per heavy atom. The molecule has 0 radical (unpaired) electrons. The molecule has 82 valence electrons. The maximum Gasteiger partial charge on any atom is 0.316 e. The van der Waals surface area contributed by atoms with Crippen LogP contribution >= 0.6 is 11.6 Å². The Morgan fingerprint density at radius 3 is 2.53 bits per heavy atom. The van der Waals surface area contributed by atoms with Crippen molar-refractivity contribution >= 4 is 17.6 Å². The lowest BCUT2D eigenvalue weighted by atomic mass is 9.85. The molecule has 0 fully saturated rings. The van der Waals surface area contributed by atoms with Crippen LogP contribution in [-0.4, -0.2) is 12.6 Å². The zero-order chi connectivity index (χ0) is 11.5. The van der Waals surface area contributed by atoms with Gasteiger partial charge in [-0.15, -0.1) is 0 Å². The van der Waals surface area contributed by atoms with E-state index in [0.29, 0.717) is 11.6 Å². The van der Waals surface area contributed by atoms with Gasteiger partial charge in [-0.05, 0) is 32.4 Å². The van der Waals surface area contributed by atoms with Crippen molar-refractivity contribution in [2.24, 2.45) is 0 Å². The molecule has 2 nitrogen and oxygen atoms in total. The number of rotatable bonds is 3. The van der Waals surface area contributed by atoms with Gasteiger partial charge in [-0.3, -0.25) is 4.79 Å². The Kier molecular flexibility index (Phi) is 3.75. The molecule has 0 bridgehead atoms. The maximum absolute atomic E-state index is 11.7. The molecule has 0 aromatic heterocycles. The average molecular weight is 227 g/mol.